The molecular formula is C35H39ClN4O2S. The van der Waals surface area contributed by atoms with E-state index in [1.165, 1.54) is 11.3 Å². The van der Waals surface area contributed by atoms with Crippen molar-refractivity contribution in [3.8, 4) is 27.5 Å². The first-order chi connectivity index (χ1) is 20.7. The fourth-order valence-corrected chi connectivity index (χ4v) is 6.76. The molecule has 0 radical (unpaired) electrons. The van der Waals surface area contributed by atoms with Crippen molar-refractivity contribution in [1.29, 1.82) is 0 Å². The van der Waals surface area contributed by atoms with Crippen LogP contribution in [0.1, 0.15) is 67.7 Å². The summed E-state index contributed by atoms with van der Waals surface area (Å²) in [5.41, 5.74) is 7.04. The molecule has 1 aliphatic rings. The van der Waals surface area contributed by atoms with E-state index < -0.39 is 0 Å². The van der Waals surface area contributed by atoms with Crippen LogP contribution in [0.4, 0.5) is 0 Å². The molecule has 8 heteroatoms. The van der Waals surface area contributed by atoms with E-state index in [1.807, 2.05) is 67.6 Å². The molecule has 0 spiro atoms. The fourth-order valence-electron chi connectivity index (χ4n) is 5.80. The Morgan fingerprint density at radius 1 is 1.09 bits per heavy atom. The molecule has 0 bridgehead atoms. The number of benzene rings is 2. The van der Waals surface area contributed by atoms with Gasteiger partial charge in [0.05, 0.1) is 28.2 Å². The fraction of sp³-hybridized carbons (Fsp3) is 0.343. The van der Waals surface area contributed by atoms with E-state index >= 15 is 0 Å². The SMILES string of the molecule is CCc1cccc(CC)c1-n1c(C=C(C)C)c(C(=O)N(C)C2CCNCC2)cc(-c2nc(-c3ccc(Cl)cc3)cs2)c1=O. The Hall–Kier alpha value is -3.52. The van der Waals surface area contributed by atoms with Gasteiger partial charge in [-0.15, -0.1) is 11.3 Å². The van der Waals surface area contributed by atoms with Crippen LogP contribution in [0.5, 0.6) is 0 Å². The zero-order chi connectivity index (χ0) is 30.7. The van der Waals surface area contributed by atoms with Crippen molar-refractivity contribution >= 4 is 34.9 Å². The van der Waals surface area contributed by atoms with Gasteiger partial charge in [-0.05, 0) is 88.0 Å². The molecule has 0 atom stereocenters. The maximum Gasteiger partial charge on any atom is 0.265 e. The molecule has 2 aromatic carbocycles. The molecule has 6 nitrogen and oxygen atoms in total. The summed E-state index contributed by atoms with van der Waals surface area (Å²) in [5.74, 6) is -0.0871. The normalized spacial score (nSPS) is 13.6. The minimum absolute atomic E-state index is 0.0871. The number of piperidine rings is 1. The number of allylic oxidation sites excluding steroid dienone is 1. The van der Waals surface area contributed by atoms with Gasteiger partial charge >= 0.3 is 0 Å². The van der Waals surface area contributed by atoms with Gasteiger partial charge in [0.2, 0.25) is 0 Å². The first kappa shape index (κ1) is 30.9. The molecule has 1 N–H and O–H groups in total. The number of hydrogen-bond acceptors (Lipinski definition) is 5. The topological polar surface area (TPSA) is 67.2 Å². The first-order valence-electron chi connectivity index (χ1n) is 15.0. The molecule has 224 valence electrons. The van der Waals surface area contributed by atoms with Crippen molar-refractivity contribution in [3.63, 3.8) is 0 Å². The van der Waals surface area contributed by atoms with Crippen molar-refractivity contribution in [1.82, 2.24) is 19.8 Å². The lowest BCUT2D eigenvalue weighted by Crippen LogP contribution is -2.44. The summed E-state index contributed by atoms with van der Waals surface area (Å²) >= 11 is 7.53. The molecule has 1 fully saturated rings. The van der Waals surface area contributed by atoms with Crippen LogP contribution in [-0.4, -0.2) is 46.5 Å². The molecule has 2 aromatic heterocycles. The Kier molecular flexibility index (Phi) is 9.65. The van der Waals surface area contributed by atoms with Gasteiger partial charge in [-0.2, -0.15) is 0 Å². The number of pyridine rings is 1. The molecule has 0 unspecified atom stereocenters. The number of rotatable bonds is 8. The van der Waals surface area contributed by atoms with Gasteiger partial charge < -0.3 is 10.2 Å². The smallest absolute Gasteiger partial charge is 0.265 e. The van der Waals surface area contributed by atoms with Crippen molar-refractivity contribution in [3.05, 3.63) is 97.2 Å². The van der Waals surface area contributed by atoms with Gasteiger partial charge in [-0.25, -0.2) is 4.98 Å². The second kappa shape index (κ2) is 13.4. The zero-order valence-electron chi connectivity index (χ0n) is 25.5. The van der Waals surface area contributed by atoms with Crippen LogP contribution in [-0.2, 0) is 12.8 Å². The van der Waals surface area contributed by atoms with Crippen molar-refractivity contribution in [2.45, 2.75) is 59.4 Å². The van der Waals surface area contributed by atoms with E-state index in [4.69, 9.17) is 16.6 Å². The standard InChI is InChI=1S/C35H39ClN4O2S/c1-6-23-9-8-10-24(7-2)32(23)40-31(19-22(3)4)28(34(41)39(5)27-15-17-37-18-16-27)20-29(35(40)42)33-38-30(21-43-33)25-11-13-26(36)14-12-25/h8-14,19-21,27,37H,6-7,15-18H2,1-5H3. The average Bonchev–Trinajstić information content (AvgIpc) is 3.51. The van der Waals surface area contributed by atoms with Crippen LogP contribution < -0.4 is 10.9 Å². The highest BCUT2D eigenvalue weighted by Crippen LogP contribution is 2.32. The third-order valence-corrected chi connectivity index (χ3v) is 9.26. The Balaban J connectivity index is 1.80. The lowest BCUT2D eigenvalue weighted by molar-refractivity contribution is 0.0702. The van der Waals surface area contributed by atoms with Gasteiger partial charge in [0.25, 0.3) is 11.5 Å². The minimum atomic E-state index is -0.179. The number of halogens is 1. The second-order valence-electron chi connectivity index (χ2n) is 11.3. The summed E-state index contributed by atoms with van der Waals surface area (Å²) in [6.45, 7) is 9.96. The summed E-state index contributed by atoms with van der Waals surface area (Å²) in [5, 5.41) is 6.58. The predicted octanol–water partition coefficient (Wildman–Crippen LogP) is 7.65. The summed E-state index contributed by atoms with van der Waals surface area (Å²) in [4.78, 5) is 35.9. The van der Waals surface area contributed by atoms with Gasteiger partial charge in [0, 0.05) is 29.1 Å². The Labute approximate surface area is 263 Å². The number of thiazole rings is 1. The largest absolute Gasteiger partial charge is 0.339 e. The number of amides is 1. The van der Waals surface area contributed by atoms with Crippen LogP contribution in [0.2, 0.25) is 5.02 Å². The second-order valence-corrected chi connectivity index (χ2v) is 12.6. The monoisotopic (exact) mass is 614 g/mol. The third-order valence-electron chi connectivity index (χ3n) is 8.13. The highest BCUT2D eigenvalue weighted by atomic mass is 35.5. The molecule has 3 heterocycles. The lowest BCUT2D eigenvalue weighted by Gasteiger charge is -2.32. The van der Waals surface area contributed by atoms with Crippen LogP contribution in [0.25, 0.3) is 33.6 Å². The minimum Gasteiger partial charge on any atom is -0.339 e. The van der Waals surface area contributed by atoms with Crippen molar-refractivity contribution in [2.24, 2.45) is 0 Å². The number of carbonyl (C=O) groups is 1. The maximum absolute atomic E-state index is 14.7. The van der Waals surface area contributed by atoms with E-state index in [1.54, 1.807) is 10.6 Å². The molecule has 43 heavy (non-hydrogen) atoms. The maximum atomic E-state index is 14.7. The molecule has 0 saturated carbocycles. The quantitative estimate of drug-likeness (QED) is 0.221. The highest BCUT2D eigenvalue weighted by molar-refractivity contribution is 7.13. The van der Waals surface area contributed by atoms with Crippen LogP contribution in [0.3, 0.4) is 0 Å². The molecule has 1 aliphatic heterocycles. The Morgan fingerprint density at radius 2 is 1.74 bits per heavy atom. The molecule has 1 saturated heterocycles. The molecule has 5 rings (SSSR count). The van der Waals surface area contributed by atoms with Crippen LogP contribution in [0.15, 0.2) is 64.3 Å². The lowest BCUT2D eigenvalue weighted by atomic mass is 9.99. The van der Waals surface area contributed by atoms with Gasteiger partial charge in [0.1, 0.15) is 5.01 Å². The number of nitrogens with zero attached hydrogens (tertiary/aromatic N) is 3. The van der Waals surface area contributed by atoms with Crippen molar-refractivity contribution < 1.29 is 4.79 Å². The van der Waals surface area contributed by atoms with E-state index in [0.717, 1.165) is 72.4 Å². The summed E-state index contributed by atoms with van der Waals surface area (Å²) in [6.07, 6.45) is 5.26. The Morgan fingerprint density at radius 3 is 2.35 bits per heavy atom. The Bertz CT molecular complexity index is 1690. The van der Waals surface area contributed by atoms with Crippen LogP contribution >= 0.6 is 22.9 Å². The van der Waals surface area contributed by atoms with E-state index in [-0.39, 0.29) is 17.5 Å². The third kappa shape index (κ3) is 6.40. The summed E-state index contributed by atoms with van der Waals surface area (Å²) in [7, 11) is 1.89. The van der Waals surface area contributed by atoms with E-state index in [2.05, 4.69) is 31.3 Å². The number of carbonyl (C=O) groups excluding carboxylic acids is 1. The van der Waals surface area contributed by atoms with E-state index in [0.29, 0.717) is 26.9 Å². The first-order valence-corrected chi connectivity index (χ1v) is 16.2. The van der Waals surface area contributed by atoms with Gasteiger partial charge in [-0.3, -0.25) is 14.2 Å². The van der Waals surface area contributed by atoms with Crippen LogP contribution in [0, 0.1) is 0 Å². The predicted molar refractivity (Wildman–Crippen MR) is 180 cm³/mol. The average molecular weight is 615 g/mol. The van der Waals surface area contributed by atoms with E-state index in [9.17, 15) is 9.59 Å². The summed E-state index contributed by atoms with van der Waals surface area (Å²) in [6, 6.07) is 15.6. The number of hydrogen-bond donors (Lipinski definition) is 1. The number of nitrogens with one attached hydrogen (secondary N) is 1. The molecular weight excluding hydrogens is 576 g/mol. The van der Waals surface area contributed by atoms with Gasteiger partial charge in [-0.1, -0.05) is 61.4 Å². The molecule has 0 aliphatic carbocycles. The number of aryl methyl sites for hydroxylation is 2. The highest BCUT2D eigenvalue weighted by Gasteiger charge is 2.29. The van der Waals surface area contributed by atoms with Crippen molar-refractivity contribution in [2.75, 3.05) is 20.1 Å². The zero-order valence-corrected chi connectivity index (χ0v) is 27.1. The molecule has 4 aromatic rings. The number of para-hydroxylation sites is 1. The number of aromatic nitrogens is 2. The van der Waals surface area contributed by atoms with Gasteiger partial charge in [0.15, 0.2) is 0 Å². The summed E-state index contributed by atoms with van der Waals surface area (Å²) < 4.78 is 1.78. The molecule has 1 amide bonds.